The summed E-state index contributed by atoms with van der Waals surface area (Å²) in [6, 6.07) is 4.22. The number of nitrogens with zero attached hydrogens (tertiary/aromatic N) is 4. The molecule has 0 spiro atoms. The molecule has 88 valence electrons. The second-order valence-electron chi connectivity index (χ2n) is 3.78. The van der Waals surface area contributed by atoms with Crippen LogP contribution < -0.4 is 4.90 Å². The predicted molar refractivity (Wildman–Crippen MR) is 70.5 cm³/mol. The first-order valence-corrected chi connectivity index (χ1v) is 6.39. The van der Waals surface area contributed by atoms with Crippen molar-refractivity contribution in [3.8, 4) is 6.07 Å². The Morgan fingerprint density at radius 2 is 2.35 bits per heavy atom. The van der Waals surface area contributed by atoms with Crippen molar-refractivity contribution >= 4 is 39.0 Å². The minimum absolute atomic E-state index is 0.0917. The number of thiophene rings is 1. The number of rotatable bonds is 3. The third-order valence-corrected chi connectivity index (χ3v) is 3.64. The lowest BCUT2D eigenvalue weighted by atomic mass is 10.2. The molecule has 0 aliphatic rings. The molecular weight excluding hydrogens is 256 g/mol. The molecule has 0 aliphatic carbocycles. The molecule has 2 aromatic heterocycles. The van der Waals surface area contributed by atoms with Gasteiger partial charge in [0.1, 0.15) is 10.6 Å². The van der Waals surface area contributed by atoms with Gasteiger partial charge in [0, 0.05) is 13.1 Å². The Balaban J connectivity index is 2.47. The van der Waals surface area contributed by atoms with E-state index in [0.717, 1.165) is 16.0 Å². The Bertz CT molecular complexity index is 574. The maximum absolute atomic E-state index is 8.73. The maximum Gasteiger partial charge on any atom is 0.225 e. The van der Waals surface area contributed by atoms with Crippen molar-refractivity contribution in [3.05, 3.63) is 16.7 Å². The van der Waals surface area contributed by atoms with Gasteiger partial charge >= 0.3 is 0 Å². The number of halogens is 1. The van der Waals surface area contributed by atoms with Crippen LogP contribution in [0.15, 0.2) is 11.4 Å². The van der Waals surface area contributed by atoms with E-state index in [9.17, 15) is 0 Å². The molecule has 0 N–H and O–H groups in total. The van der Waals surface area contributed by atoms with Gasteiger partial charge in [0.15, 0.2) is 0 Å². The van der Waals surface area contributed by atoms with Crippen molar-refractivity contribution in [1.29, 1.82) is 5.26 Å². The summed E-state index contributed by atoms with van der Waals surface area (Å²) in [7, 11) is 1.91. The van der Waals surface area contributed by atoms with Gasteiger partial charge < -0.3 is 4.90 Å². The molecule has 1 atom stereocenters. The summed E-state index contributed by atoms with van der Waals surface area (Å²) >= 11 is 7.43. The summed E-state index contributed by atoms with van der Waals surface area (Å²) in [5.41, 5.74) is 0. The van der Waals surface area contributed by atoms with Crippen molar-refractivity contribution in [2.24, 2.45) is 0 Å². The molecule has 0 amide bonds. The van der Waals surface area contributed by atoms with Gasteiger partial charge in [-0.05, 0) is 30.0 Å². The maximum atomic E-state index is 8.73. The molecule has 17 heavy (non-hydrogen) atoms. The van der Waals surface area contributed by atoms with Gasteiger partial charge in [-0.15, -0.1) is 11.3 Å². The topological polar surface area (TPSA) is 52.8 Å². The van der Waals surface area contributed by atoms with Crippen LogP contribution in [0.2, 0.25) is 5.28 Å². The van der Waals surface area contributed by atoms with Gasteiger partial charge in [-0.1, -0.05) is 0 Å². The van der Waals surface area contributed by atoms with E-state index in [1.807, 2.05) is 30.3 Å². The first-order chi connectivity index (χ1) is 8.13. The van der Waals surface area contributed by atoms with E-state index in [-0.39, 0.29) is 11.3 Å². The van der Waals surface area contributed by atoms with E-state index < -0.39 is 0 Å². The Morgan fingerprint density at radius 1 is 1.59 bits per heavy atom. The summed E-state index contributed by atoms with van der Waals surface area (Å²) < 4.78 is 0. The first kappa shape index (κ1) is 12.1. The van der Waals surface area contributed by atoms with Crippen LogP contribution in [0.5, 0.6) is 0 Å². The fourth-order valence-corrected chi connectivity index (χ4v) is 2.53. The van der Waals surface area contributed by atoms with Gasteiger partial charge in [0.2, 0.25) is 5.28 Å². The van der Waals surface area contributed by atoms with Crippen molar-refractivity contribution in [1.82, 2.24) is 9.97 Å². The minimum atomic E-state index is 0.0917. The monoisotopic (exact) mass is 266 g/mol. The highest BCUT2D eigenvalue weighted by Crippen LogP contribution is 2.29. The lowest BCUT2D eigenvalue weighted by Crippen LogP contribution is -2.29. The molecule has 4 nitrogen and oxygen atoms in total. The zero-order chi connectivity index (χ0) is 12.4. The quantitative estimate of drug-likeness (QED) is 0.801. The van der Waals surface area contributed by atoms with E-state index in [2.05, 4.69) is 16.0 Å². The molecule has 2 rings (SSSR count). The van der Waals surface area contributed by atoms with Crippen LogP contribution in [0.4, 0.5) is 5.82 Å². The molecule has 1 unspecified atom stereocenters. The highest BCUT2D eigenvalue weighted by molar-refractivity contribution is 7.16. The van der Waals surface area contributed by atoms with E-state index >= 15 is 0 Å². The largest absolute Gasteiger partial charge is 0.355 e. The second-order valence-corrected chi connectivity index (χ2v) is 5.01. The Labute approximate surface area is 108 Å². The van der Waals surface area contributed by atoms with Gasteiger partial charge in [-0.3, -0.25) is 0 Å². The summed E-state index contributed by atoms with van der Waals surface area (Å²) in [5, 5.41) is 11.9. The molecule has 2 heterocycles. The van der Waals surface area contributed by atoms with Crippen molar-refractivity contribution in [3.63, 3.8) is 0 Å². The van der Waals surface area contributed by atoms with Crippen molar-refractivity contribution < 1.29 is 0 Å². The van der Waals surface area contributed by atoms with Gasteiger partial charge in [0.05, 0.1) is 17.9 Å². The van der Waals surface area contributed by atoms with Crippen molar-refractivity contribution in [2.75, 3.05) is 11.9 Å². The SMILES string of the molecule is CC(CC#N)N(C)c1nc(Cl)nc2sccc12. The number of hydrogen-bond donors (Lipinski definition) is 0. The predicted octanol–water partition coefficient (Wildman–Crippen LogP) is 3.08. The van der Waals surface area contributed by atoms with Crippen molar-refractivity contribution in [2.45, 2.75) is 19.4 Å². The third kappa shape index (κ3) is 2.33. The summed E-state index contributed by atoms with van der Waals surface area (Å²) in [6.07, 6.45) is 0.448. The minimum Gasteiger partial charge on any atom is -0.355 e. The lowest BCUT2D eigenvalue weighted by Gasteiger charge is -2.24. The fraction of sp³-hybridized carbons (Fsp3) is 0.364. The van der Waals surface area contributed by atoms with Crippen LogP contribution in [0.25, 0.3) is 10.2 Å². The molecule has 0 radical (unpaired) electrons. The zero-order valence-corrected chi connectivity index (χ0v) is 11.1. The zero-order valence-electron chi connectivity index (χ0n) is 9.51. The van der Waals surface area contributed by atoms with Crippen LogP contribution in [-0.2, 0) is 0 Å². The average molecular weight is 267 g/mol. The Morgan fingerprint density at radius 3 is 3.06 bits per heavy atom. The molecule has 2 aromatic rings. The smallest absolute Gasteiger partial charge is 0.225 e. The number of nitriles is 1. The van der Waals surface area contributed by atoms with Gasteiger partial charge in [-0.25, -0.2) is 4.98 Å². The van der Waals surface area contributed by atoms with Gasteiger partial charge in [0.25, 0.3) is 0 Å². The highest BCUT2D eigenvalue weighted by atomic mass is 35.5. The van der Waals surface area contributed by atoms with E-state index in [0.29, 0.717) is 6.42 Å². The normalized spacial score (nSPS) is 12.4. The van der Waals surface area contributed by atoms with Crippen LogP contribution in [0.3, 0.4) is 0 Å². The fourth-order valence-electron chi connectivity index (χ4n) is 1.56. The standard InChI is InChI=1S/C11H11ClN4S/c1-7(3-5-13)16(2)9-8-4-6-17-10(8)15-11(12)14-9/h4,6-7H,3H2,1-2H3. The molecule has 0 saturated heterocycles. The summed E-state index contributed by atoms with van der Waals surface area (Å²) in [6.45, 7) is 1.98. The Hall–Kier alpha value is -1.38. The lowest BCUT2D eigenvalue weighted by molar-refractivity contribution is 0.696. The molecule has 0 aliphatic heterocycles. The number of hydrogen-bond acceptors (Lipinski definition) is 5. The second kappa shape index (κ2) is 4.86. The molecular formula is C11H11ClN4S. The van der Waals surface area contributed by atoms with Crippen LogP contribution >= 0.6 is 22.9 Å². The Kier molecular flexibility index (Phi) is 3.46. The summed E-state index contributed by atoms with van der Waals surface area (Å²) in [5.74, 6) is 0.781. The average Bonchev–Trinajstić information content (AvgIpc) is 2.75. The molecule has 0 fully saturated rings. The molecule has 0 saturated carbocycles. The van der Waals surface area contributed by atoms with Crippen LogP contribution in [-0.4, -0.2) is 23.1 Å². The van der Waals surface area contributed by atoms with E-state index in [1.165, 1.54) is 11.3 Å². The number of fused-ring (bicyclic) bond motifs is 1. The molecule has 0 aromatic carbocycles. The van der Waals surface area contributed by atoms with Crippen LogP contribution in [0.1, 0.15) is 13.3 Å². The first-order valence-electron chi connectivity index (χ1n) is 5.14. The molecule has 0 bridgehead atoms. The van der Waals surface area contributed by atoms with Gasteiger partial charge in [-0.2, -0.15) is 10.2 Å². The van der Waals surface area contributed by atoms with Crippen LogP contribution in [0, 0.1) is 11.3 Å². The number of aromatic nitrogens is 2. The summed E-state index contributed by atoms with van der Waals surface area (Å²) in [4.78, 5) is 11.3. The van der Waals surface area contributed by atoms with E-state index in [1.54, 1.807) is 0 Å². The van der Waals surface area contributed by atoms with E-state index in [4.69, 9.17) is 16.9 Å². The highest BCUT2D eigenvalue weighted by Gasteiger charge is 2.16. The number of anilines is 1. The molecule has 6 heteroatoms. The third-order valence-electron chi connectivity index (χ3n) is 2.66.